The number of aliphatic hydroxyl groups excluding tert-OH is 1. The third kappa shape index (κ3) is 4.40. The number of halogens is 1. The summed E-state index contributed by atoms with van der Waals surface area (Å²) < 4.78 is 12.8. The lowest BCUT2D eigenvalue weighted by atomic mass is 10.1. The van der Waals surface area contributed by atoms with Crippen LogP contribution in [0.2, 0.25) is 5.02 Å². The summed E-state index contributed by atoms with van der Waals surface area (Å²) in [4.78, 5) is 11.0. The molecule has 2 N–H and O–H groups in total. The highest BCUT2D eigenvalue weighted by atomic mass is 35.5. The van der Waals surface area contributed by atoms with Crippen molar-refractivity contribution in [3.8, 4) is 22.8 Å². The zero-order valence-electron chi connectivity index (χ0n) is 19.0. The van der Waals surface area contributed by atoms with Gasteiger partial charge in [0, 0.05) is 67.8 Å². The van der Waals surface area contributed by atoms with Crippen LogP contribution in [0, 0.1) is 0 Å². The fourth-order valence-electron chi connectivity index (χ4n) is 4.31. The number of imidazole rings is 1. The van der Waals surface area contributed by atoms with Crippen LogP contribution < -0.4 is 19.7 Å². The van der Waals surface area contributed by atoms with E-state index in [2.05, 4.69) is 15.2 Å². The molecule has 0 amide bonds. The topological polar surface area (TPSA) is 84.2 Å². The van der Waals surface area contributed by atoms with Gasteiger partial charge in [0.15, 0.2) is 0 Å². The summed E-state index contributed by atoms with van der Waals surface area (Å²) in [7, 11) is 3.18. The van der Waals surface area contributed by atoms with E-state index in [9.17, 15) is 5.11 Å². The summed E-state index contributed by atoms with van der Waals surface area (Å²) in [6, 6.07) is 11.6. The highest BCUT2D eigenvalue weighted by Gasteiger charge is 2.31. The molecule has 1 aliphatic heterocycles. The van der Waals surface area contributed by atoms with E-state index < -0.39 is 6.10 Å². The summed E-state index contributed by atoms with van der Waals surface area (Å²) in [5, 5.41) is 14.6. The SMILES string of the molecule is COc1cc(OC)c(-c2cn3ccc(N4C[C@H](NCc5ccncc5)[C@@H](O)C4)cc3n2)cc1Cl. The molecule has 1 aliphatic rings. The number of hydrogen-bond acceptors (Lipinski definition) is 7. The maximum atomic E-state index is 10.6. The fraction of sp³-hybridized carbons (Fsp3) is 0.280. The van der Waals surface area contributed by atoms with Crippen molar-refractivity contribution in [3.05, 3.63) is 71.8 Å². The molecule has 0 saturated carbocycles. The van der Waals surface area contributed by atoms with Gasteiger partial charge in [-0.05, 0) is 29.8 Å². The number of anilines is 1. The van der Waals surface area contributed by atoms with E-state index in [0.29, 0.717) is 36.2 Å². The van der Waals surface area contributed by atoms with Gasteiger partial charge in [0.2, 0.25) is 0 Å². The minimum absolute atomic E-state index is 0.0228. The van der Waals surface area contributed by atoms with Crippen molar-refractivity contribution in [2.24, 2.45) is 0 Å². The van der Waals surface area contributed by atoms with Gasteiger partial charge in [0.05, 0.1) is 37.1 Å². The molecule has 176 valence electrons. The Morgan fingerprint density at radius 3 is 2.65 bits per heavy atom. The van der Waals surface area contributed by atoms with Crippen LogP contribution >= 0.6 is 11.6 Å². The fourth-order valence-corrected chi connectivity index (χ4v) is 4.55. The molecule has 0 spiro atoms. The van der Waals surface area contributed by atoms with Crippen molar-refractivity contribution in [1.82, 2.24) is 19.7 Å². The molecule has 0 radical (unpaired) electrons. The van der Waals surface area contributed by atoms with E-state index in [0.717, 1.165) is 28.2 Å². The number of aliphatic hydroxyl groups is 1. The van der Waals surface area contributed by atoms with Gasteiger partial charge in [-0.2, -0.15) is 0 Å². The summed E-state index contributed by atoms with van der Waals surface area (Å²) in [6.07, 6.45) is 7.01. The Kier molecular flexibility index (Phi) is 6.28. The summed E-state index contributed by atoms with van der Waals surface area (Å²) in [5.74, 6) is 1.18. The predicted octanol–water partition coefficient (Wildman–Crippen LogP) is 3.41. The average molecular weight is 480 g/mol. The number of methoxy groups -OCH3 is 2. The quantitative estimate of drug-likeness (QED) is 0.420. The standard InChI is InChI=1S/C25H26ClN5O3/c1-33-23-11-24(34-2)19(26)10-18(23)20-13-30-8-5-17(9-25(30)29-20)31-14-21(22(32)15-31)28-12-16-3-6-27-7-4-16/h3-11,13,21-22,28,32H,12,14-15H2,1-2H3/t21-,22-/m0/s1. The maximum absolute atomic E-state index is 10.6. The largest absolute Gasteiger partial charge is 0.496 e. The van der Waals surface area contributed by atoms with E-state index in [4.69, 9.17) is 26.1 Å². The summed E-state index contributed by atoms with van der Waals surface area (Å²) in [6.45, 7) is 1.95. The monoisotopic (exact) mass is 479 g/mol. The van der Waals surface area contributed by atoms with E-state index >= 15 is 0 Å². The minimum atomic E-state index is -0.459. The Labute approximate surface area is 202 Å². The molecule has 5 rings (SSSR count). The van der Waals surface area contributed by atoms with Gasteiger partial charge in [-0.15, -0.1) is 0 Å². The second-order valence-electron chi connectivity index (χ2n) is 8.28. The molecule has 4 aromatic rings. The lowest BCUT2D eigenvalue weighted by Crippen LogP contribution is -2.38. The van der Waals surface area contributed by atoms with Gasteiger partial charge < -0.3 is 29.2 Å². The number of rotatable bonds is 7. The number of β-amino-alcohol motifs (C(OH)–C–C–N with tert-alkyl or cyclic N) is 1. The van der Waals surface area contributed by atoms with Crippen molar-refractivity contribution < 1.29 is 14.6 Å². The molecular weight excluding hydrogens is 454 g/mol. The third-order valence-corrected chi connectivity index (χ3v) is 6.46. The lowest BCUT2D eigenvalue weighted by Gasteiger charge is -2.18. The first kappa shape index (κ1) is 22.5. The molecule has 8 nitrogen and oxygen atoms in total. The number of fused-ring (bicyclic) bond motifs is 1. The molecule has 0 unspecified atom stereocenters. The third-order valence-electron chi connectivity index (χ3n) is 6.17. The van der Waals surface area contributed by atoms with Crippen molar-refractivity contribution in [2.45, 2.75) is 18.7 Å². The number of benzene rings is 1. The van der Waals surface area contributed by atoms with Crippen molar-refractivity contribution in [2.75, 3.05) is 32.2 Å². The number of hydrogen-bond donors (Lipinski definition) is 2. The molecule has 1 aromatic carbocycles. The zero-order valence-corrected chi connectivity index (χ0v) is 19.7. The lowest BCUT2D eigenvalue weighted by molar-refractivity contribution is 0.163. The Balaban J connectivity index is 1.36. The van der Waals surface area contributed by atoms with Crippen LogP contribution in [0.25, 0.3) is 16.9 Å². The molecule has 0 aliphatic carbocycles. The number of ether oxygens (including phenoxy) is 2. The Morgan fingerprint density at radius 1 is 1.09 bits per heavy atom. The van der Waals surface area contributed by atoms with E-state index in [1.165, 1.54) is 0 Å². The Morgan fingerprint density at radius 2 is 1.88 bits per heavy atom. The van der Waals surface area contributed by atoms with Gasteiger partial charge in [0.1, 0.15) is 17.1 Å². The predicted molar refractivity (Wildman–Crippen MR) is 132 cm³/mol. The van der Waals surface area contributed by atoms with E-state index in [-0.39, 0.29) is 6.04 Å². The minimum Gasteiger partial charge on any atom is -0.496 e. The molecule has 9 heteroatoms. The number of nitrogens with zero attached hydrogens (tertiary/aromatic N) is 4. The first-order valence-corrected chi connectivity index (χ1v) is 11.4. The number of pyridine rings is 2. The highest BCUT2D eigenvalue weighted by Crippen LogP contribution is 2.38. The van der Waals surface area contributed by atoms with Crippen molar-refractivity contribution in [1.29, 1.82) is 0 Å². The summed E-state index contributed by atoms with van der Waals surface area (Å²) in [5.41, 5.74) is 4.48. The van der Waals surface area contributed by atoms with Gasteiger partial charge in [-0.3, -0.25) is 4.98 Å². The number of aromatic nitrogens is 3. The smallest absolute Gasteiger partial charge is 0.141 e. The average Bonchev–Trinajstić information content (AvgIpc) is 3.46. The zero-order chi connectivity index (χ0) is 23.7. The summed E-state index contributed by atoms with van der Waals surface area (Å²) >= 11 is 6.36. The highest BCUT2D eigenvalue weighted by molar-refractivity contribution is 6.32. The first-order valence-electron chi connectivity index (χ1n) is 11.0. The van der Waals surface area contributed by atoms with Gasteiger partial charge in [-0.25, -0.2) is 4.98 Å². The van der Waals surface area contributed by atoms with Crippen LogP contribution in [-0.4, -0.2) is 58.9 Å². The molecule has 3 aromatic heterocycles. The van der Waals surface area contributed by atoms with Crippen LogP contribution in [0.3, 0.4) is 0 Å². The normalized spacial score (nSPS) is 17.9. The molecule has 0 bridgehead atoms. The van der Waals surface area contributed by atoms with Gasteiger partial charge in [-0.1, -0.05) is 11.6 Å². The molecule has 1 fully saturated rings. The van der Waals surface area contributed by atoms with Gasteiger partial charge in [0.25, 0.3) is 0 Å². The van der Waals surface area contributed by atoms with Crippen molar-refractivity contribution in [3.63, 3.8) is 0 Å². The van der Waals surface area contributed by atoms with Crippen LogP contribution in [0.1, 0.15) is 5.56 Å². The molecule has 1 saturated heterocycles. The second kappa shape index (κ2) is 9.50. The molecule has 34 heavy (non-hydrogen) atoms. The van der Waals surface area contributed by atoms with Crippen LogP contribution in [0.15, 0.2) is 61.2 Å². The van der Waals surface area contributed by atoms with E-state index in [1.807, 2.05) is 41.1 Å². The van der Waals surface area contributed by atoms with Crippen LogP contribution in [0.5, 0.6) is 11.5 Å². The first-order chi connectivity index (χ1) is 16.6. The van der Waals surface area contributed by atoms with Crippen LogP contribution in [0.4, 0.5) is 5.69 Å². The van der Waals surface area contributed by atoms with Crippen LogP contribution in [-0.2, 0) is 6.54 Å². The van der Waals surface area contributed by atoms with Gasteiger partial charge >= 0.3 is 0 Å². The maximum Gasteiger partial charge on any atom is 0.141 e. The Hall–Kier alpha value is -3.33. The molecular formula is C25H26ClN5O3. The van der Waals surface area contributed by atoms with E-state index in [1.54, 1.807) is 38.7 Å². The van der Waals surface area contributed by atoms with Crippen molar-refractivity contribution >= 4 is 22.9 Å². The molecule has 4 heterocycles. The molecule has 2 atom stereocenters. The second-order valence-corrected chi connectivity index (χ2v) is 8.69. The Bertz CT molecular complexity index is 1300. The number of nitrogens with one attached hydrogen (secondary N) is 1.